The molecule has 122 valence electrons. The minimum absolute atomic E-state index is 0.0166. The summed E-state index contributed by atoms with van der Waals surface area (Å²) in [5, 5.41) is 2.78. The van der Waals surface area contributed by atoms with Gasteiger partial charge in [0.25, 0.3) is 15.9 Å². The molecule has 6 nitrogen and oxygen atoms in total. The van der Waals surface area contributed by atoms with E-state index < -0.39 is 10.0 Å². The van der Waals surface area contributed by atoms with Crippen LogP contribution < -0.4 is 10.2 Å². The van der Waals surface area contributed by atoms with Crippen molar-refractivity contribution >= 4 is 31.9 Å². The third kappa shape index (κ3) is 4.87. The monoisotopic (exact) mass is 398 g/mol. The molecule has 0 atom stereocenters. The van der Waals surface area contributed by atoms with Crippen LogP contribution in [0.1, 0.15) is 15.9 Å². The molecule has 0 spiro atoms. The first kappa shape index (κ1) is 17.6. The number of carbonyl (C=O) groups is 1. The molecule has 0 aliphatic rings. The van der Waals surface area contributed by atoms with Gasteiger partial charge in [-0.2, -0.15) is 0 Å². The third-order valence-corrected chi connectivity index (χ3v) is 4.73. The van der Waals surface area contributed by atoms with E-state index in [4.69, 9.17) is 0 Å². The van der Waals surface area contributed by atoms with Gasteiger partial charge in [-0.3, -0.25) is 9.63 Å². The van der Waals surface area contributed by atoms with Crippen molar-refractivity contribution in [1.82, 2.24) is 10.2 Å². The maximum absolute atomic E-state index is 12.1. The van der Waals surface area contributed by atoms with Crippen molar-refractivity contribution < 1.29 is 18.0 Å². The van der Waals surface area contributed by atoms with Gasteiger partial charge in [-0.05, 0) is 42.0 Å². The molecule has 0 saturated carbocycles. The highest BCUT2D eigenvalue weighted by Crippen LogP contribution is 2.13. The molecule has 23 heavy (non-hydrogen) atoms. The molecule has 0 unspecified atom stereocenters. The van der Waals surface area contributed by atoms with Crippen LogP contribution in [-0.2, 0) is 21.4 Å². The topological polar surface area (TPSA) is 84.5 Å². The van der Waals surface area contributed by atoms with Crippen molar-refractivity contribution in [3.8, 4) is 0 Å². The Kier molecular flexibility index (Phi) is 5.89. The van der Waals surface area contributed by atoms with Gasteiger partial charge in [-0.1, -0.05) is 32.9 Å². The molecule has 0 saturated heterocycles. The number of nitrogens with one attached hydrogen (secondary N) is 2. The van der Waals surface area contributed by atoms with Crippen LogP contribution >= 0.6 is 15.9 Å². The third-order valence-electron chi connectivity index (χ3n) is 2.96. The number of amides is 1. The SMILES string of the molecule is CONS(=O)(=O)c1ccc(C(=O)NCc2cccc(Br)c2)cc1. The van der Waals surface area contributed by atoms with E-state index in [2.05, 4.69) is 26.1 Å². The Labute approximate surface area is 143 Å². The molecule has 2 rings (SSSR count). The molecule has 0 heterocycles. The Hall–Kier alpha value is -1.74. The molecule has 0 aliphatic heterocycles. The zero-order chi connectivity index (χ0) is 16.9. The smallest absolute Gasteiger partial charge is 0.262 e. The molecule has 2 aromatic carbocycles. The summed E-state index contributed by atoms with van der Waals surface area (Å²) in [6.45, 7) is 0.379. The zero-order valence-electron chi connectivity index (χ0n) is 12.2. The normalized spacial score (nSPS) is 11.2. The van der Waals surface area contributed by atoms with E-state index in [-0.39, 0.29) is 10.8 Å². The molecular formula is C15H15BrN2O4S. The Balaban J connectivity index is 2.03. The lowest BCUT2D eigenvalue weighted by molar-refractivity contribution is 0.0951. The van der Waals surface area contributed by atoms with Gasteiger partial charge in [0.2, 0.25) is 0 Å². The van der Waals surface area contributed by atoms with Gasteiger partial charge in [0.1, 0.15) is 0 Å². The van der Waals surface area contributed by atoms with Crippen LogP contribution in [-0.4, -0.2) is 21.4 Å². The maximum Gasteiger partial charge on any atom is 0.262 e. The average Bonchev–Trinajstić information content (AvgIpc) is 2.53. The van der Waals surface area contributed by atoms with Crippen LogP contribution in [0.3, 0.4) is 0 Å². The summed E-state index contributed by atoms with van der Waals surface area (Å²) in [6, 6.07) is 13.2. The molecule has 2 N–H and O–H groups in total. The minimum atomic E-state index is -3.72. The van der Waals surface area contributed by atoms with Crippen LogP contribution in [0, 0.1) is 0 Å². The molecule has 1 amide bonds. The first-order chi connectivity index (χ1) is 10.9. The second kappa shape index (κ2) is 7.69. The second-order valence-corrected chi connectivity index (χ2v) is 7.19. The van der Waals surface area contributed by atoms with Crippen LogP contribution in [0.25, 0.3) is 0 Å². The van der Waals surface area contributed by atoms with E-state index in [0.717, 1.165) is 10.0 Å². The quantitative estimate of drug-likeness (QED) is 0.730. The van der Waals surface area contributed by atoms with Gasteiger partial charge >= 0.3 is 0 Å². The zero-order valence-corrected chi connectivity index (χ0v) is 14.6. The largest absolute Gasteiger partial charge is 0.348 e. The van der Waals surface area contributed by atoms with Gasteiger partial charge in [-0.25, -0.2) is 8.42 Å². The Morgan fingerprint density at radius 3 is 2.48 bits per heavy atom. The first-order valence-electron chi connectivity index (χ1n) is 6.60. The van der Waals surface area contributed by atoms with Crippen LogP contribution in [0.4, 0.5) is 0 Å². The Morgan fingerprint density at radius 1 is 1.17 bits per heavy atom. The Bertz CT molecular complexity index is 791. The molecule has 0 aromatic heterocycles. The van der Waals surface area contributed by atoms with Crippen LogP contribution in [0.2, 0.25) is 0 Å². The maximum atomic E-state index is 12.1. The lowest BCUT2D eigenvalue weighted by atomic mass is 10.2. The summed E-state index contributed by atoms with van der Waals surface area (Å²) in [7, 11) is -2.51. The van der Waals surface area contributed by atoms with Crippen LogP contribution in [0.15, 0.2) is 57.9 Å². The number of hydrogen-bond donors (Lipinski definition) is 2. The van der Waals surface area contributed by atoms with Crippen molar-refractivity contribution in [1.29, 1.82) is 0 Å². The number of sulfonamides is 1. The lowest BCUT2D eigenvalue weighted by Gasteiger charge is -2.07. The number of halogens is 1. The summed E-state index contributed by atoms with van der Waals surface area (Å²) in [5.74, 6) is -0.284. The molecule has 0 aliphatic carbocycles. The standard InChI is InChI=1S/C15H15BrN2O4S/c1-22-18-23(20,21)14-7-5-12(6-8-14)15(19)17-10-11-3-2-4-13(16)9-11/h2-9,18H,10H2,1H3,(H,17,19). The number of hydrogen-bond acceptors (Lipinski definition) is 4. The summed E-state index contributed by atoms with van der Waals surface area (Å²) < 4.78 is 24.4. The fraction of sp³-hybridized carbons (Fsp3) is 0.133. The average molecular weight is 399 g/mol. The van der Waals surface area contributed by atoms with E-state index >= 15 is 0 Å². The lowest BCUT2D eigenvalue weighted by Crippen LogP contribution is -2.24. The fourth-order valence-electron chi connectivity index (χ4n) is 1.87. The fourth-order valence-corrected chi connectivity index (χ4v) is 3.13. The number of benzene rings is 2. The van der Waals surface area contributed by atoms with Crippen LogP contribution in [0.5, 0.6) is 0 Å². The van der Waals surface area contributed by atoms with Crippen molar-refractivity contribution in [3.63, 3.8) is 0 Å². The summed E-state index contributed by atoms with van der Waals surface area (Å²) in [5.41, 5.74) is 1.33. The Morgan fingerprint density at radius 2 is 1.87 bits per heavy atom. The van der Waals surface area contributed by atoms with E-state index in [9.17, 15) is 13.2 Å². The van der Waals surface area contributed by atoms with E-state index in [1.54, 1.807) is 0 Å². The van der Waals surface area contributed by atoms with Gasteiger partial charge < -0.3 is 5.32 Å². The van der Waals surface area contributed by atoms with Gasteiger partial charge in [0, 0.05) is 16.6 Å². The number of rotatable bonds is 6. The molecule has 0 bridgehead atoms. The summed E-state index contributed by atoms with van der Waals surface area (Å²) >= 11 is 3.37. The van der Waals surface area contributed by atoms with Gasteiger partial charge in [0.05, 0.1) is 12.0 Å². The van der Waals surface area contributed by atoms with Gasteiger partial charge in [0.15, 0.2) is 0 Å². The van der Waals surface area contributed by atoms with E-state index in [1.807, 2.05) is 29.2 Å². The molecule has 0 radical (unpaired) electrons. The number of carbonyl (C=O) groups excluding carboxylic acids is 1. The van der Waals surface area contributed by atoms with E-state index in [0.29, 0.717) is 12.1 Å². The highest BCUT2D eigenvalue weighted by molar-refractivity contribution is 9.10. The second-order valence-electron chi connectivity index (χ2n) is 4.63. The predicted molar refractivity (Wildman–Crippen MR) is 89.1 cm³/mol. The summed E-state index contributed by atoms with van der Waals surface area (Å²) in [4.78, 5) is 18.4. The van der Waals surface area contributed by atoms with Crippen molar-refractivity contribution in [2.75, 3.05) is 7.11 Å². The molecule has 8 heteroatoms. The van der Waals surface area contributed by atoms with Crippen molar-refractivity contribution in [2.45, 2.75) is 11.4 Å². The highest BCUT2D eigenvalue weighted by atomic mass is 79.9. The van der Waals surface area contributed by atoms with E-state index in [1.165, 1.54) is 31.4 Å². The molecule has 2 aromatic rings. The van der Waals surface area contributed by atoms with Crippen molar-refractivity contribution in [3.05, 3.63) is 64.1 Å². The summed E-state index contributed by atoms with van der Waals surface area (Å²) in [6.07, 6.45) is 0. The predicted octanol–water partition coefficient (Wildman–Crippen LogP) is 2.22. The molecule has 0 fully saturated rings. The van der Waals surface area contributed by atoms with Gasteiger partial charge in [-0.15, -0.1) is 0 Å². The minimum Gasteiger partial charge on any atom is -0.348 e. The van der Waals surface area contributed by atoms with Crippen molar-refractivity contribution in [2.24, 2.45) is 0 Å². The first-order valence-corrected chi connectivity index (χ1v) is 8.87. The molecular weight excluding hydrogens is 384 g/mol. The highest BCUT2D eigenvalue weighted by Gasteiger charge is 2.14.